The molecule has 0 fully saturated rings. The summed E-state index contributed by atoms with van der Waals surface area (Å²) >= 11 is 0. The lowest BCUT2D eigenvalue weighted by atomic mass is 10.1. The number of nitrogens with one attached hydrogen (secondary N) is 2. The van der Waals surface area contributed by atoms with Gasteiger partial charge in [0.1, 0.15) is 0 Å². The first-order chi connectivity index (χ1) is 11.2. The van der Waals surface area contributed by atoms with Gasteiger partial charge >= 0.3 is 0 Å². The molecule has 0 spiro atoms. The van der Waals surface area contributed by atoms with Crippen molar-refractivity contribution in [3.05, 3.63) is 42.1 Å². The van der Waals surface area contributed by atoms with Crippen molar-refractivity contribution in [3.8, 4) is 0 Å². The summed E-state index contributed by atoms with van der Waals surface area (Å²) < 4.78 is 0. The molecule has 0 aliphatic carbocycles. The van der Waals surface area contributed by atoms with Crippen LogP contribution in [-0.2, 0) is 6.54 Å². The molecule has 1 atom stereocenters. The third-order valence-electron chi connectivity index (χ3n) is 4.03. The average molecular weight is 312 g/mol. The van der Waals surface area contributed by atoms with E-state index in [9.17, 15) is 0 Å². The van der Waals surface area contributed by atoms with Crippen LogP contribution in [-0.4, -0.2) is 24.0 Å². The number of hydrogen-bond donors (Lipinski definition) is 2. The second-order valence-electron chi connectivity index (χ2n) is 5.95. The van der Waals surface area contributed by atoms with Crippen molar-refractivity contribution in [1.82, 2.24) is 15.6 Å². The molecule has 0 saturated heterocycles. The van der Waals surface area contributed by atoms with E-state index >= 15 is 0 Å². The normalized spacial score (nSPS) is 13.1. The van der Waals surface area contributed by atoms with Crippen molar-refractivity contribution in [3.63, 3.8) is 0 Å². The number of rotatable bonds is 7. The van der Waals surface area contributed by atoms with Gasteiger partial charge in [-0.3, -0.25) is 9.98 Å². The molecule has 0 amide bonds. The fourth-order valence-corrected chi connectivity index (χ4v) is 2.69. The lowest BCUT2D eigenvalue weighted by Crippen LogP contribution is -2.41. The van der Waals surface area contributed by atoms with Gasteiger partial charge in [-0.25, -0.2) is 0 Å². The van der Waals surface area contributed by atoms with Gasteiger partial charge in [0.15, 0.2) is 5.96 Å². The van der Waals surface area contributed by atoms with Crippen molar-refractivity contribution in [2.75, 3.05) is 7.05 Å². The van der Waals surface area contributed by atoms with Crippen molar-refractivity contribution in [1.29, 1.82) is 0 Å². The van der Waals surface area contributed by atoms with E-state index < -0.39 is 0 Å². The molecule has 0 aliphatic heterocycles. The molecule has 1 heterocycles. The summed E-state index contributed by atoms with van der Waals surface area (Å²) in [6, 6.07) is 10.7. The van der Waals surface area contributed by atoms with E-state index in [0.29, 0.717) is 6.04 Å². The van der Waals surface area contributed by atoms with Crippen LogP contribution >= 0.6 is 0 Å². The SMILES string of the molecule is CCCCCC(C)NC(=NC)NCc1ccnc2ccccc12. The molecule has 4 heteroatoms. The Balaban J connectivity index is 1.92. The summed E-state index contributed by atoms with van der Waals surface area (Å²) in [6.45, 7) is 5.19. The number of unbranched alkanes of at least 4 members (excludes halogenated alkanes) is 2. The van der Waals surface area contributed by atoms with Crippen LogP contribution in [0.3, 0.4) is 0 Å². The predicted octanol–water partition coefficient (Wildman–Crippen LogP) is 3.87. The van der Waals surface area contributed by atoms with Crippen LogP contribution in [0.1, 0.15) is 45.1 Å². The van der Waals surface area contributed by atoms with Gasteiger partial charge in [0.05, 0.1) is 5.52 Å². The van der Waals surface area contributed by atoms with Crippen LogP contribution in [0.2, 0.25) is 0 Å². The third kappa shape index (κ3) is 5.23. The quantitative estimate of drug-likeness (QED) is 0.463. The fourth-order valence-electron chi connectivity index (χ4n) is 2.69. The maximum absolute atomic E-state index is 4.41. The Morgan fingerprint density at radius 2 is 2.04 bits per heavy atom. The van der Waals surface area contributed by atoms with Crippen LogP contribution in [0, 0.1) is 0 Å². The zero-order valence-electron chi connectivity index (χ0n) is 14.5. The highest BCUT2D eigenvalue weighted by molar-refractivity contribution is 5.83. The molecule has 1 unspecified atom stereocenters. The largest absolute Gasteiger partial charge is 0.354 e. The average Bonchev–Trinajstić information content (AvgIpc) is 2.58. The minimum Gasteiger partial charge on any atom is -0.354 e. The van der Waals surface area contributed by atoms with Crippen LogP contribution in [0.5, 0.6) is 0 Å². The van der Waals surface area contributed by atoms with Gasteiger partial charge in [0.25, 0.3) is 0 Å². The Morgan fingerprint density at radius 1 is 1.22 bits per heavy atom. The Kier molecular flexibility index (Phi) is 6.85. The number of guanidine groups is 1. The van der Waals surface area contributed by atoms with E-state index in [1.807, 2.05) is 25.4 Å². The monoisotopic (exact) mass is 312 g/mol. The Hall–Kier alpha value is -2.10. The van der Waals surface area contributed by atoms with Gasteiger partial charge in [-0.05, 0) is 31.0 Å². The molecular formula is C19H28N4. The summed E-state index contributed by atoms with van der Waals surface area (Å²) in [7, 11) is 1.82. The summed E-state index contributed by atoms with van der Waals surface area (Å²) in [6.07, 6.45) is 6.85. The smallest absolute Gasteiger partial charge is 0.191 e. The van der Waals surface area contributed by atoms with Crippen LogP contribution < -0.4 is 10.6 Å². The first-order valence-electron chi connectivity index (χ1n) is 8.54. The van der Waals surface area contributed by atoms with Crippen LogP contribution in [0.4, 0.5) is 0 Å². The molecule has 1 aromatic heterocycles. The molecule has 2 rings (SSSR count). The lowest BCUT2D eigenvalue weighted by molar-refractivity contribution is 0.547. The first kappa shape index (κ1) is 17.3. The van der Waals surface area contributed by atoms with E-state index in [1.54, 1.807) is 0 Å². The van der Waals surface area contributed by atoms with Gasteiger partial charge in [-0.15, -0.1) is 0 Å². The summed E-state index contributed by atoms with van der Waals surface area (Å²) in [4.78, 5) is 8.74. The molecule has 2 aromatic rings. The molecule has 0 aliphatic rings. The van der Waals surface area contributed by atoms with Crippen molar-refractivity contribution < 1.29 is 0 Å². The second kappa shape index (κ2) is 9.13. The zero-order chi connectivity index (χ0) is 16.5. The Bertz CT molecular complexity index is 631. The lowest BCUT2D eigenvalue weighted by Gasteiger charge is -2.18. The summed E-state index contributed by atoms with van der Waals surface area (Å²) in [5.41, 5.74) is 2.26. The van der Waals surface area contributed by atoms with E-state index in [1.165, 1.54) is 36.6 Å². The molecule has 0 bridgehead atoms. The topological polar surface area (TPSA) is 49.3 Å². The van der Waals surface area contributed by atoms with E-state index in [2.05, 4.69) is 52.7 Å². The number of aromatic nitrogens is 1. The molecular weight excluding hydrogens is 284 g/mol. The zero-order valence-corrected chi connectivity index (χ0v) is 14.5. The maximum Gasteiger partial charge on any atom is 0.191 e. The van der Waals surface area contributed by atoms with Gasteiger partial charge in [0.2, 0.25) is 0 Å². The summed E-state index contributed by atoms with van der Waals surface area (Å²) in [5, 5.41) is 8.07. The molecule has 0 radical (unpaired) electrons. The number of aliphatic imine (C=N–C) groups is 1. The van der Waals surface area contributed by atoms with Crippen LogP contribution in [0.15, 0.2) is 41.5 Å². The summed E-state index contributed by atoms with van der Waals surface area (Å²) in [5.74, 6) is 0.856. The van der Waals surface area contributed by atoms with Crippen molar-refractivity contribution in [2.45, 2.75) is 52.1 Å². The minimum absolute atomic E-state index is 0.432. The Labute approximate surface area is 139 Å². The van der Waals surface area contributed by atoms with Crippen LogP contribution in [0.25, 0.3) is 10.9 Å². The number of para-hydroxylation sites is 1. The van der Waals surface area contributed by atoms with E-state index in [4.69, 9.17) is 0 Å². The standard InChI is InChI=1S/C19H28N4/c1-4-5-6-9-15(2)23-19(20-3)22-14-16-12-13-21-18-11-8-7-10-17(16)18/h7-8,10-13,15H,4-6,9,14H2,1-3H3,(H2,20,22,23). The molecule has 0 saturated carbocycles. The second-order valence-corrected chi connectivity index (χ2v) is 5.95. The van der Waals surface area contributed by atoms with Crippen molar-refractivity contribution in [2.24, 2.45) is 4.99 Å². The van der Waals surface area contributed by atoms with Gasteiger partial charge in [-0.2, -0.15) is 0 Å². The number of nitrogens with zero attached hydrogens (tertiary/aromatic N) is 2. The predicted molar refractivity (Wildman–Crippen MR) is 98.7 cm³/mol. The van der Waals surface area contributed by atoms with Gasteiger partial charge in [0, 0.05) is 31.2 Å². The highest BCUT2D eigenvalue weighted by Crippen LogP contribution is 2.15. The fraction of sp³-hybridized carbons (Fsp3) is 0.474. The number of fused-ring (bicyclic) bond motifs is 1. The highest BCUT2D eigenvalue weighted by Gasteiger charge is 2.06. The first-order valence-corrected chi connectivity index (χ1v) is 8.54. The highest BCUT2D eigenvalue weighted by atomic mass is 15.2. The molecule has 124 valence electrons. The molecule has 2 N–H and O–H groups in total. The van der Waals surface area contributed by atoms with E-state index in [-0.39, 0.29) is 0 Å². The number of pyridine rings is 1. The van der Waals surface area contributed by atoms with Crippen molar-refractivity contribution >= 4 is 16.9 Å². The van der Waals surface area contributed by atoms with Gasteiger partial charge in [-0.1, -0.05) is 44.4 Å². The number of benzene rings is 1. The molecule has 4 nitrogen and oxygen atoms in total. The molecule has 1 aromatic carbocycles. The maximum atomic E-state index is 4.41. The Morgan fingerprint density at radius 3 is 2.83 bits per heavy atom. The van der Waals surface area contributed by atoms with Gasteiger partial charge < -0.3 is 10.6 Å². The third-order valence-corrected chi connectivity index (χ3v) is 4.03. The minimum atomic E-state index is 0.432. The number of hydrogen-bond acceptors (Lipinski definition) is 2. The van der Waals surface area contributed by atoms with E-state index in [0.717, 1.165) is 18.0 Å². The molecule has 23 heavy (non-hydrogen) atoms.